The summed E-state index contributed by atoms with van der Waals surface area (Å²) in [5.41, 5.74) is 3.36. The fraction of sp³-hybridized carbons (Fsp3) is 0.167. The van der Waals surface area contributed by atoms with Gasteiger partial charge >= 0.3 is 5.97 Å². The Morgan fingerprint density at radius 3 is 2.32 bits per heavy atom. The van der Waals surface area contributed by atoms with Crippen LogP contribution in [0.2, 0.25) is 0 Å². The molecule has 4 heteroatoms. The van der Waals surface area contributed by atoms with Crippen LogP contribution in [0.25, 0.3) is 11.1 Å². The maximum atomic E-state index is 11.9. The van der Waals surface area contributed by atoms with E-state index in [1.54, 1.807) is 0 Å². The van der Waals surface area contributed by atoms with Crippen LogP contribution in [0.15, 0.2) is 61.1 Å². The Labute approximate surface area is 130 Å². The highest BCUT2D eigenvalue weighted by molar-refractivity contribution is 5.98. The van der Waals surface area contributed by atoms with Gasteiger partial charge in [-0.2, -0.15) is 0 Å². The number of ether oxygens (including phenoxy) is 1. The fourth-order valence-electron chi connectivity index (χ4n) is 2.12. The molecule has 0 atom stereocenters. The van der Waals surface area contributed by atoms with Gasteiger partial charge in [-0.1, -0.05) is 30.3 Å². The lowest BCUT2D eigenvalue weighted by atomic mass is 10.0. The molecule has 0 saturated heterocycles. The highest BCUT2D eigenvalue weighted by Crippen LogP contribution is 2.26. The Balaban J connectivity index is 0.000000299. The summed E-state index contributed by atoms with van der Waals surface area (Å²) >= 11 is 0. The van der Waals surface area contributed by atoms with Crippen molar-refractivity contribution in [3.8, 4) is 11.1 Å². The Morgan fingerprint density at radius 2 is 1.77 bits per heavy atom. The fourth-order valence-corrected chi connectivity index (χ4v) is 2.12. The van der Waals surface area contributed by atoms with Gasteiger partial charge in [-0.3, -0.25) is 0 Å². The van der Waals surface area contributed by atoms with E-state index in [1.807, 2.05) is 74.9 Å². The maximum Gasteiger partial charge on any atom is 0.340 e. The summed E-state index contributed by atoms with van der Waals surface area (Å²) in [5, 5.41) is 0. The summed E-state index contributed by atoms with van der Waals surface area (Å²) in [4.78, 5) is 17.8. The van der Waals surface area contributed by atoms with Crippen LogP contribution >= 0.6 is 0 Å². The lowest BCUT2D eigenvalue weighted by Crippen LogP contribution is -2.06. The standard InChI is InChI=1S/C14H15NO2.C4H5N/c1-3-17-14(16)13-10(2)15-9-12(13)11-7-5-4-6-8-11;1-2-4-5-3-1/h4-9,15H,3H2,1-2H3;1-5H. The van der Waals surface area contributed by atoms with E-state index in [4.69, 9.17) is 4.74 Å². The van der Waals surface area contributed by atoms with Crippen molar-refractivity contribution in [2.24, 2.45) is 0 Å². The van der Waals surface area contributed by atoms with E-state index in [0.29, 0.717) is 12.2 Å². The van der Waals surface area contributed by atoms with Gasteiger partial charge < -0.3 is 14.7 Å². The van der Waals surface area contributed by atoms with Gasteiger partial charge in [0.2, 0.25) is 0 Å². The van der Waals surface area contributed by atoms with E-state index in [9.17, 15) is 4.79 Å². The SMILES string of the molecule is CCOC(=O)c1c(-c2ccccc2)c[nH]c1C.c1cc[nH]c1. The summed E-state index contributed by atoms with van der Waals surface area (Å²) < 4.78 is 5.07. The predicted octanol–water partition coefficient (Wildman–Crippen LogP) is 4.18. The topological polar surface area (TPSA) is 57.9 Å². The van der Waals surface area contributed by atoms with Crippen molar-refractivity contribution in [2.75, 3.05) is 6.61 Å². The summed E-state index contributed by atoms with van der Waals surface area (Å²) in [7, 11) is 0. The zero-order valence-corrected chi connectivity index (χ0v) is 12.8. The first-order valence-corrected chi connectivity index (χ1v) is 7.22. The summed E-state index contributed by atoms with van der Waals surface area (Å²) in [6.45, 7) is 4.07. The van der Waals surface area contributed by atoms with Crippen molar-refractivity contribution in [3.05, 3.63) is 72.3 Å². The van der Waals surface area contributed by atoms with E-state index in [-0.39, 0.29) is 5.97 Å². The molecule has 0 unspecified atom stereocenters. The first-order chi connectivity index (χ1) is 10.7. The molecule has 2 N–H and O–H groups in total. The van der Waals surface area contributed by atoms with Gasteiger partial charge in [-0.05, 0) is 31.5 Å². The second kappa shape index (κ2) is 7.88. The van der Waals surface area contributed by atoms with Crippen LogP contribution in [0, 0.1) is 6.92 Å². The van der Waals surface area contributed by atoms with Crippen LogP contribution in [0.1, 0.15) is 23.0 Å². The van der Waals surface area contributed by atoms with Gasteiger partial charge in [0, 0.05) is 29.8 Å². The molecule has 0 saturated carbocycles. The van der Waals surface area contributed by atoms with Gasteiger partial charge in [0.1, 0.15) is 0 Å². The minimum atomic E-state index is -0.273. The Morgan fingerprint density at radius 1 is 1.09 bits per heavy atom. The molecular weight excluding hydrogens is 276 g/mol. The number of esters is 1. The molecule has 0 aliphatic heterocycles. The highest BCUT2D eigenvalue weighted by Gasteiger charge is 2.18. The van der Waals surface area contributed by atoms with Crippen molar-refractivity contribution in [2.45, 2.75) is 13.8 Å². The van der Waals surface area contributed by atoms with Crippen LogP contribution in [0.4, 0.5) is 0 Å². The van der Waals surface area contributed by atoms with E-state index in [2.05, 4.69) is 9.97 Å². The van der Waals surface area contributed by atoms with E-state index < -0.39 is 0 Å². The Kier molecular flexibility index (Phi) is 5.60. The third-order valence-electron chi connectivity index (χ3n) is 3.14. The first kappa shape index (κ1) is 15.6. The number of carbonyl (C=O) groups excluding carboxylic acids is 1. The smallest absolute Gasteiger partial charge is 0.340 e. The second-order valence-corrected chi connectivity index (χ2v) is 4.67. The molecule has 114 valence electrons. The number of carbonyl (C=O) groups is 1. The quantitative estimate of drug-likeness (QED) is 0.712. The molecule has 0 bridgehead atoms. The maximum absolute atomic E-state index is 11.9. The zero-order valence-electron chi connectivity index (χ0n) is 12.8. The van der Waals surface area contributed by atoms with Crippen LogP contribution in [-0.4, -0.2) is 22.5 Å². The zero-order chi connectivity index (χ0) is 15.8. The largest absolute Gasteiger partial charge is 0.462 e. The van der Waals surface area contributed by atoms with E-state index in [0.717, 1.165) is 16.8 Å². The second-order valence-electron chi connectivity index (χ2n) is 4.67. The monoisotopic (exact) mass is 296 g/mol. The molecule has 3 rings (SSSR count). The van der Waals surface area contributed by atoms with Crippen molar-refractivity contribution < 1.29 is 9.53 Å². The number of hydrogen-bond donors (Lipinski definition) is 2. The molecule has 22 heavy (non-hydrogen) atoms. The number of aromatic nitrogens is 2. The molecule has 3 aromatic rings. The minimum Gasteiger partial charge on any atom is -0.462 e. The van der Waals surface area contributed by atoms with E-state index in [1.165, 1.54) is 0 Å². The number of H-pyrrole nitrogens is 2. The number of aromatic amines is 2. The van der Waals surface area contributed by atoms with Crippen LogP contribution in [0.5, 0.6) is 0 Å². The number of aryl methyl sites for hydroxylation is 1. The number of nitrogens with one attached hydrogen (secondary N) is 2. The molecule has 2 aromatic heterocycles. The number of rotatable bonds is 3. The molecule has 4 nitrogen and oxygen atoms in total. The molecule has 1 aromatic carbocycles. The highest BCUT2D eigenvalue weighted by atomic mass is 16.5. The third kappa shape index (κ3) is 3.88. The van der Waals surface area contributed by atoms with E-state index >= 15 is 0 Å². The van der Waals surface area contributed by atoms with Gasteiger partial charge in [0.05, 0.1) is 12.2 Å². The normalized spacial score (nSPS) is 9.73. The molecule has 0 radical (unpaired) electrons. The summed E-state index contributed by atoms with van der Waals surface area (Å²) in [6.07, 6.45) is 5.59. The van der Waals surface area contributed by atoms with Gasteiger partial charge in [-0.25, -0.2) is 4.79 Å². The van der Waals surface area contributed by atoms with Crippen LogP contribution < -0.4 is 0 Å². The predicted molar refractivity (Wildman–Crippen MR) is 87.7 cm³/mol. The molecular formula is C18H20N2O2. The average Bonchev–Trinajstić information content (AvgIpc) is 3.21. The number of benzene rings is 1. The number of hydrogen-bond acceptors (Lipinski definition) is 2. The van der Waals surface area contributed by atoms with Crippen LogP contribution in [-0.2, 0) is 4.74 Å². The summed E-state index contributed by atoms with van der Waals surface area (Å²) in [6, 6.07) is 13.7. The lowest BCUT2D eigenvalue weighted by molar-refractivity contribution is 0.0526. The van der Waals surface area contributed by atoms with Crippen molar-refractivity contribution in [1.29, 1.82) is 0 Å². The Hall–Kier alpha value is -2.75. The van der Waals surface area contributed by atoms with Crippen molar-refractivity contribution >= 4 is 5.97 Å². The van der Waals surface area contributed by atoms with Gasteiger partial charge in [0.25, 0.3) is 0 Å². The first-order valence-electron chi connectivity index (χ1n) is 7.22. The molecule has 0 aliphatic rings. The lowest BCUT2D eigenvalue weighted by Gasteiger charge is -2.05. The average molecular weight is 296 g/mol. The molecule has 2 heterocycles. The molecule has 0 fully saturated rings. The minimum absolute atomic E-state index is 0.273. The van der Waals surface area contributed by atoms with Gasteiger partial charge in [-0.15, -0.1) is 0 Å². The molecule has 0 spiro atoms. The third-order valence-corrected chi connectivity index (χ3v) is 3.14. The summed E-state index contributed by atoms with van der Waals surface area (Å²) in [5.74, 6) is -0.273. The van der Waals surface area contributed by atoms with Crippen molar-refractivity contribution in [3.63, 3.8) is 0 Å². The van der Waals surface area contributed by atoms with Gasteiger partial charge in [0.15, 0.2) is 0 Å². The molecule has 0 aliphatic carbocycles. The Bertz CT molecular complexity index is 668. The molecule has 0 amide bonds. The van der Waals surface area contributed by atoms with Crippen LogP contribution in [0.3, 0.4) is 0 Å². The van der Waals surface area contributed by atoms with Crippen molar-refractivity contribution in [1.82, 2.24) is 9.97 Å².